The van der Waals surface area contributed by atoms with E-state index in [4.69, 9.17) is 0 Å². The molecule has 2 nitrogen and oxygen atoms in total. The first-order chi connectivity index (χ1) is 8.58. The topological polar surface area (TPSA) is 20.3 Å². The highest BCUT2D eigenvalue weighted by Gasteiger charge is 2.08. The van der Waals surface area contributed by atoms with Crippen LogP contribution in [0.15, 0.2) is 48.5 Å². The van der Waals surface area contributed by atoms with Crippen molar-refractivity contribution in [3.8, 4) is 11.1 Å². The van der Waals surface area contributed by atoms with E-state index in [-0.39, 0.29) is 5.91 Å². The highest BCUT2D eigenvalue weighted by Crippen LogP contribution is 2.21. The van der Waals surface area contributed by atoms with Crippen LogP contribution >= 0.6 is 0 Å². The fourth-order valence-corrected chi connectivity index (χ4v) is 1.91. The van der Waals surface area contributed by atoms with E-state index in [1.807, 2.05) is 30.3 Å². The summed E-state index contributed by atoms with van der Waals surface area (Å²) in [5.74, 6) is 0.0319. The highest BCUT2D eigenvalue weighted by molar-refractivity contribution is 5.95. The largest absolute Gasteiger partial charge is 0.345 e. The maximum atomic E-state index is 11.9. The van der Waals surface area contributed by atoms with Gasteiger partial charge in [-0.05, 0) is 30.2 Å². The smallest absolute Gasteiger partial charge is 0.253 e. The molecular weight excluding hydrogens is 222 g/mol. The number of hydrogen-bond acceptors (Lipinski definition) is 1. The lowest BCUT2D eigenvalue weighted by Crippen LogP contribution is -2.21. The maximum Gasteiger partial charge on any atom is 0.253 e. The van der Waals surface area contributed by atoms with Gasteiger partial charge in [0.1, 0.15) is 0 Å². The summed E-state index contributed by atoms with van der Waals surface area (Å²) in [6.45, 7) is 2.07. The zero-order chi connectivity index (χ0) is 13.1. The molecule has 0 fully saturated rings. The van der Waals surface area contributed by atoms with Crippen LogP contribution < -0.4 is 0 Å². The van der Waals surface area contributed by atoms with E-state index in [1.165, 1.54) is 5.56 Å². The van der Waals surface area contributed by atoms with Gasteiger partial charge in [-0.2, -0.15) is 0 Å². The minimum absolute atomic E-state index is 0.0319. The zero-order valence-electron chi connectivity index (χ0n) is 11.0. The quantitative estimate of drug-likeness (QED) is 0.787. The molecule has 1 amide bonds. The van der Waals surface area contributed by atoms with Gasteiger partial charge in [0.15, 0.2) is 0 Å². The third-order valence-electron chi connectivity index (χ3n) is 2.87. The van der Waals surface area contributed by atoms with Crippen LogP contribution in [0.5, 0.6) is 0 Å². The number of hydrogen-bond donors (Lipinski definition) is 0. The average molecular weight is 239 g/mol. The lowest BCUT2D eigenvalue weighted by Gasteiger charge is -2.11. The molecule has 0 saturated heterocycles. The summed E-state index contributed by atoms with van der Waals surface area (Å²) >= 11 is 0. The molecule has 92 valence electrons. The number of carbonyl (C=O) groups is 1. The van der Waals surface area contributed by atoms with Gasteiger partial charge in [-0.1, -0.05) is 42.0 Å². The molecule has 0 saturated carbocycles. The Morgan fingerprint density at radius 1 is 0.944 bits per heavy atom. The Labute approximate surface area is 108 Å². The summed E-state index contributed by atoms with van der Waals surface area (Å²) in [6, 6.07) is 16.0. The van der Waals surface area contributed by atoms with Crippen molar-refractivity contribution in [1.29, 1.82) is 0 Å². The van der Waals surface area contributed by atoms with Crippen molar-refractivity contribution in [2.45, 2.75) is 6.92 Å². The van der Waals surface area contributed by atoms with E-state index in [9.17, 15) is 4.79 Å². The molecule has 0 aliphatic carbocycles. The fraction of sp³-hybridized carbons (Fsp3) is 0.188. The van der Waals surface area contributed by atoms with E-state index in [0.29, 0.717) is 0 Å². The van der Waals surface area contributed by atoms with Gasteiger partial charge in [-0.3, -0.25) is 4.79 Å². The summed E-state index contributed by atoms with van der Waals surface area (Å²) in [4.78, 5) is 13.5. The third kappa shape index (κ3) is 2.59. The summed E-state index contributed by atoms with van der Waals surface area (Å²) in [6.07, 6.45) is 0. The molecule has 2 heteroatoms. The predicted octanol–water partition coefficient (Wildman–Crippen LogP) is 3.36. The van der Waals surface area contributed by atoms with Gasteiger partial charge in [-0.15, -0.1) is 0 Å². The molecule has 2 rings (SSSR count). The molecule has 2 aromatic carbocycles. The van der Waals surface area contributed by atoms with E-state index in [1.54, 1.807) is 19.0 Å². The normalized spacial score (nSPS) is 10.2. The number of nitrogens with zero attached hydrogens (tertiary/aromatic N) is 1. The number of carbonyl (C=O) groups excluding carboxylic acids is 1. The second-order valence-corrected chi connectivity index (χ2v) is 4.65. The van der Waals surface area contributed by atoms with Crippen LogP contribution in [-0.2, 0) is 0 Å². The predicted molar refractivity (Wildman–Crippen MR) is 74.6 cm³/mol. The van der Waals surface area contributed by atoms with Crippen LogP contribution in [0.25, 0.3) is 11.1 Å². The van der Waals surface area contributed by atoms with Gasteiger partial charge in [-0.25, -0.2) is 0 Å². The summed E-state index contributed by atoms with van der Waals surface area (Å²) < 4.78 is 0. The summed E-state index contributed by atoms with van der Waals surface area (Å²) in [5.41, 5.74) is 4.16. The van der Waals surface area contributed by atoms with Crippen molar-refractivity contribution in [3.05, 3.63) is 59.7 Å². The highest BCUT2D eigenvalue weighted by atomic mass is 16.2. The Kier molecular flexibility index (Phi) is 3.47. The second-order valence-electron chi connectivity index (χ2n) is 4.65. The van der Waals surface area contributed by atoms with Crippen LogP contribution in [-0.4, -0.2) is 24.9 Å². The van der Waals surface area contributed by atoms with Crippen LogP contribution in [0.4, 0.5) is 0 Å². The van der Waals surface area contributed by atoms with Gasteiger partial charge in [0.05, 0.1) is 0 Å². The number of amides is 1. The molecule has 0 atom stereocenters. The van der Waals surface area contributed by atoms with Crippen LogP contribution in [0.1, 0.15) is 15.9 Å². The van der Waals surface area contributed by atoms with Crippen molar-refractivity contribution in [1.82, 2.24) is 4.90 Å². The molecular formula is C16H17NO. The molecule has 0 spiro atoms. The molecule has 0 unspecified atom stereocenters. The molecule has 0 N–H and O–H groups in total. The van der Waals surface area contributed by atoms with Crippen molar-refractivity contribution in [3.63, 3.8) is 0 Å². The minimum Gasteiger partial charge on any atom is -0.345 e. The summed E-state index contributed by atoms with van der Waals surface area (Å²) in [5, 5.41) is 0. The molecule has 0 aliphatic heterocycles. The molecule has 0 aromatic heterocycles. The first-order valence-corrected chi connectivity index (χ1v) is 5.96. The van der Waals surface area contributed by atoms with Gasteiger partial charge >= 0.3 is 0 Å². The van der Waals surface area contributed by atoms with Gasteiger partial charge in [0, 0.05) is 19.7 Å². The summed E-state index contributed by atoms with van der Waals surface area (Å²) in [7, 11) is 3.53. The van der Waals surface area contributed by atoms with Crippen LogP contribution in [0.2, 0.25) is 0 Å². The van der Waals surface area contributed by atoms with E-state index < -0.39 is 0 Å². The molecule has 0 radical (unpaired) electrons. The Hall–Kier alpha value is -2.09. The number of benzene rings is 2. The molecule has 2 aromatic rings. The zero-order valence-corrected chi connectivity index (χ0v) is 11.0. The first kappa shape index (κ1) is 12.4. The molecule has 0 bridgehead atoms. The second kappa shape index (κ2) is 5.05. The Morgan fingerprint density at radius 2 is 1.56 bits per heavy atom. The Bertz CT molecular complexity index is 573. The monoisotopic (exact) mass is 239 g/mol. The van der Waals surface area contributed by atoms with Crippen LogP contribution in [0.3, 0.4) is 0 Å². The Morgan fingerprint density at radius 3 is 2.17 bits per heavy atom. The Balaban J connectivity index is 2.42. The number of rotatable bonds is 2. The van der Waals surface area contributed by atoms with Crippen molar-refractivity contribution >= 4 is 5.91 Å². The average Bonchev–Trinajstić information content (AvgIpc) is 2.38. The van der Waals surface area contributed by atoms with Crippen molar-refractivity contribution in [2.75, 3.05) is 14.1 Å². The first-order valence-electron chi connectivity index (χ1n) is 5.96. The standard InChI is InChI=1S/C16H17NO/c1-12-6-4-7-13(10-12)14-8-5-9-15(11-14)16(18)17(2)3/h4-11H,1-3H3. The molecule has 0 aliphatic rings. The molecule has 0 heterocycles. The van der Waals surface area contributed by atoms with Crippen LogP contribution in [0, 0.1) is 6.92 Å². The van der Waals surface area contributed by atoms with E-state index >= 15 is 0 Å². The van der Waals surface area contributed by atoms with E-state index in [0.717, 1.165) is 16.7 Å². The van der Waals surface area contributed by atoms with Crippen molar-refractivity contribution in [2.24, 2.45) is 0 Å². The number of aryl methyl sites for hydroxylation is 1. The van der Waals surface area contributed by atoms with Gasteiger partial charge in [0.25, 0.3) is 5.91 Å². The third-order valence-corrected chi connectivity index (χ3v) is 2.87. The van der Waals surface area contributed by atoms with Crippen molar-refractivity contribution < 1.29 is 4.79 Å². The SMILES string of the molecule is Cc1cccc(-c2cccc(C(=O)N(C)C)c2)c1. The van der Waals surface area contributed by atoms with Gasteiger partial charge < -0.3 is 4.90 Å². The lowest BCUT2D eigenvalue weighted by molar-refractivity contribution is 0.0827. The maximum absolute atomic E-state index is 11.9. The lowest BCUT2D eigenvalue weighted by atomic mass is 10.0. The fourth-order valence-electron chi connectivity index (χ4n) is 1.91. The van der Waals surface area contributed by atoms with Gasteiger partial charge in [0.2, 0.25) is 0 Å². The van der Waals surface area contributed by atoms with E-state index in [2.05, 4.69) is 25.1 Å². The molecule has 18 heavy (non-hydrogen) atoms. The minimum atomic E-state index is 0.0319.